The Bertz CT molecular complexity index is 516. The summed E-state index contributed by atoms with van der Waals surface area (Å²) in [5, 5.41) is 0. The van der Waals surface area contributed by atoms with E-state index in [0.29, 0.717) is 17.7 Å². The van der Waals surface area contributed by atoms with Gasteiger partial charge in [0, 0.05) is 11.5 Å². The molecule has 0 N–H and O–H groups in total. The van der Waals surface area contributed by atoms with Gasteiger partial charge in [-0.25, -0.2) is 8.42 Å². The van der Waals surface area contributed by atoms with Crippen LogP contribution in [0.4, 0.5) is 0 Å². The summed E-state index contributed by atoms with van der Waals surface area (Å²) in [4.78, 5) is 12.0. The quantitative estimate of drug-likeness (QED) is 0.763. The Balaban J connectivity index is 2.15. The second-order valence-electron chi connectivity index (χ2n) is 4.19. The maximum atomic E-state index is 12.0. The molecule has 0 aromatic heterocycles. The summed E-state index contributed by atoms with van der Waals surface area (Å²) in [6, 6.07) is 6.76. The van der Waals surface area contributed by atoms with Crippen LogP contribution in [0.1, 0.15) is 16.8 Å². The van der Waals surface area contributed by atoms with Gasteiger partial charge in [-0.3, -0.25) is 4.79 Å². The number of carbonyl (C=O) groups is 1. The molecule has 1 atom stereocenters. The highest BCUT2D eigenvalue weighted by atomic mass is 32.2. The van der Waals surface area contributed by atoms with Gasteiger partial charge in [0.05, 0.1) is 18.6 Å². The van der Waals surface area contributed by atoms with Crippen molar-refractivity contribution in [3.63, 3.8) is 0 Å². The Kier molecular flexibility index (Phi) is 3.19. The van der Waals surface area contributed by atoms with E-state index in [1.54, 1.807) is 31.4 Å². The predicted octanol–water partition coefficient (Wildman–Crippen LogP) is 1.31. The van der Waals surface area contributed by atoms with Gasteiger partial charge >= 0.3 is 0 Å². The predicted molar refractivity (Wildman–Crippen MR) is 64.1 cm³/mol. The summed E-state index contributed by atoms with van der Waals surface area (Å²) in [6.07, 6.45) is 0.438. The minimum atomic E-state index is -3.01. The van der Waals surface area contributed by atoms with Crippen LogP contribution in [-0.2, 0) is 9.84 Å². The lowest BCUT2D eigenvalue weighted by Crippen LogP contribution is -2.16. The van der Waals surface area contributed by atoms with Crippen molar-refractivity contribution in [3.05, 3.63) is 29.8 Å². The molecule has 1 aromatic rings. The zero-order valence-electron chi connectivity index (χ0n) is 9.55. The lowest BCUT2D eigenvalue weighted by molar-refractivity contribution is 0.0933. The maximum Gasteiger partial charge on any atom is 0.166 e. The average Bonchev–Trinajstić information content (AvgIpc) is 2.69. The second kappa shape index (κ2) is 4.49. The smallest absolute Gasteiger partial charge is 0.166 e. The Labute approximate surface area is 101 Å². The summed E-state index contributed by atoms with van der Waals surface area (Å²) >= 11 is 0. The fourth-order valence-electron chi connectivity index (χ4n) is 1.99. The van der Waals surface area contributed by atoms with Crippen LogP contribution >= 0.6 is 0 Å². The summed E-state index contributed by atoms with van der Waals surface area (Å²) in [7, 11) is -1.45. The molecule has 1 heterocycles. The van der Waals surface area contributed by atoms with E-state index in [0.717, 1.165) is 0 Å². The van der Waals surface area contributed by atoms with E-state index in [2.05, 4.69) is 0 Å². The van der Waals surface area contributed by atoms with Crippen molar-refractivity contribution >= 4 is 15.6 Å². The number of Topliss-reactive ketones (excluding diaryl/α,β-unsaturated/α-hetero) is 1. The minimum absolute atomic E-state index is 0.0160. The molecule has 1 saturated heterocycles. The highest BCUT2D eigenvalue weighted by molar-refractivity contribution is 7.91. The van der Waals surface area contributed by atoms with Crippen molar-refractivity contribution in [3.8, 4) is 5.75 Å². The van der Waals surface area contributed by atoms with Gasteiger partial charge in [-0.05, 0) is 30.7 Å². The molecule has 0 bridgehead atoms. The number of sulfone groups is 1. The van der Waals surface area contributed by atoms with Crippen molar-refractivity contribution in [1.82, 2.24) is 0 Å². The number of hydrogen-bond donors (Lipinski definition) is 0. The zero-order valence-corrected chi connectivity index (χ0v) is 10.4. The molecule has 2 rings (SSSR count). The number of hydrogen-bond acceptors (Lipinski definition) is 4. The molecule has 17 heavy (non-hydrogen) atoms. The van der Waals surface area contributed by atoms with Crippen LogP contribution in [0, 0.1) is 5.92 Å². The number of methoxy groups -OCH3 is 1. The fourth-order valence-corrected chi connectivity index (χ4v) is 3.73. The van der Waals surface area contributed by atoms with Crippen molar-refractivity contribution in [2.24, 2.45) is 5.92 Å². The number of benzene rings is 1. The third-order valence-corrected chi connectivity index (χ3v) is 4.75. The van der Waals surface area contributed by atoms with Gasteiger partial charge in [0.25, 0.3) is 0 Å². The van der Waals surface area contributed by atoms with Gasteiger partial charge in [-0.1, -0.05) is 0 Å². The zero-order chi connectivity index (χ0) is 12.5. The van der Waals surface area contributed by atoms with E-state index in [1.807, 2.05) is 0 Å². The van der Waals surface area contributed by atoms with E-state index in [1.165, 1.54) is 0 Å². The number of carbonyl (C=O) groups excluding carboxylic acids is 1. The fraction of sp³-hybridized carbons (Fsp3) is 0.417. The largest absolute Gasteiger partial charge is 0.497 e. The normalized spacial score (nSPS) is 22.3. The summed E-state index contributed by atoms with van der Waals surface area (Å²) in [6.45, 7) is 0. The van der Waals surface area contributed by atoms with Crippen molar-refractivity contribution in [1.29, 1.82) is 0 Å². The molecule has 4 nitrogen and oxygen atoms in total. The molecule has 1 fully saturated rings. The Morgan fingerprint density at radius 3 is 2.41 bits per heavy atom. The molecule has 1 aliphatic rings. The topological polar surface area (TPSA) is 60.4 Å². The van der Waals surface area contributed by atoms with E-state index in [9.17, 15) is 13.2 Å². The van der Waals surface area contributed by atoms with Gasteiger partial charge in [-0.2, -0.15) is 0 Å². The van der Waals surface area contributed by atoms with Crippen LogP contribution in [0.15, 0.2) is 24.3 Å². The first kappa shape index (κ1) is 12.1. The Hall–Kier alpha value is -1.36. The van der Waals surface area contributed by atoms with Crippen LogP contribution in [0.2, 0.25) is 0 Å². The highest BCUT2D eigenvalue weighted by Gasteiger charge is 2.33. The molecule has 0 spiro atoms. The van der Waals surface area contributed by atoms with Crippen LogP contribution in [0.3, 0.4) is 0 Å². The average molecular weight is 254 g/mol. The van der Waals surface area contributed by atoms with Crippen LogP contribution < -0.4 is 4.74 Å². The molecule has 0 aliphatic carbocycles. The summed E-state index contributed by atoms with van der Waals surface area (Å²) < 4.78 is 27.6. The first-order valence-electron chi connectivity index (χ1n) is 5.40. The van der Waals surface area contributed by atoms with Crippen LogP contribution in [0.5, 0.6) is 5.75 Å². The second-order valence-corrected chi connectivity index (χ2v) is 6.42. The van der Waals surface area contributed by atoms with Crippen LogP contribution in [0.25, 0.3) is 0 Å². The molecule has 92 valence electrons. The lowest BCUT2D eigenvalue weighted by Gasteiger charge is -2.07. The number of ether oxygens (including phenoxy) is 1. The van der Waals surface area contributed by atoms with Crippen molar-refractivity contribution in [2.45, 2.75) is 6.42 Å². The number of ketones is 1. The monoisotopic (exact) mass is 254 g/mol. The highest BCUT2D eigenvalue weighted by Crippen LogP contribution is 2.23. The molecule has 1 unspecified atom stereocenters. The molecule has 1 aromatic carbocycles. The molecule has 5 heteroatoms. The third kappa shape index (κ3) is 2.66. The number of rotatable bonds is 3. The molecule has 0 saturated carbocycles. The standard InChI is InChI=1S/C12H14O4S/c1-16-11-4-2-9(3-5-11)12(13)10-6-7-17(14,15)8-10/h2-5,10H,6-8H2,1H3. The van der Waals surface area contributed by atoms with Gasteiger partial charge in [0.15, 0.2) is 15.6 Å². The van der Waals surface area contributed by atoms with Crippen molar-refractivity contribution < 1.29 is 17.9 Å². The van der Waals surface area contributed by atoms with E-state index >= 15 is 0 Å². The molecular weight excluding hydrogens is 240 g/mol. The third-order valence-electron chi connectivity index (χ3n) is 2.98. The molecule has 1 aliphatic heterocycles. The first-order valence-corrected chi connectivity index (χ1v) is 7.23. The Morgan fingerprint density at radius 2 is 1.94 bits per heavy atom. The van der Waals surface area contributed by atoms with Gasteiger partial charge in [-0.15, -0.1) is 0 Å². The Morgan fingerprint density at radius 1 is 1.29 bits per heavy atom. The van der Waals surface area contributed by atoms with Gasteiger partial charge in [0.2, 0.25) is 0 Å². The van der Waals surface area contributed by atoms with Crippen molar-refractivity contribution in [2.75, 3.05) is 18.6 Å². The first-order chi connectivity index (χ1) is 8.02. The minimum Gasteiger partial charge on any atom is -0.497 e. The summed E-state index contributed by atoms with van der Waals surface area (Å²) in [5.41, 5.74) is 0.549. The van der Waals surface area contributed by atoms with E-state index in [4.69, 9.17) is 4.74 Å². The molecule has 0 radical (unpaired) electrons. The van der Waals surface area contributed by atoms with Gasteiger partial charge < -0.3 is 4.74 Å². The lowest BCUT2D eigenvalue weighted by atomic mass is 9.97. The molecule has 0 amide bonds. The summed E-state index contributed by atoms with van der Waals surface area (Å²) in [5.74, 6) is 0.319. The maximum absolute atomic E-state index is 12.0. The SMILES string of the molecule is COc1ccc(C(=O)C2CCS(=O)(=O)C2)cc1. The van der Waals surface area contributed by atoms with E-state index in [-0.39, 0.29) is 23.2 Å². The molecular formula is C12H14O4S. The van der Waals surface area contributed by atoms with Gasteiger partial charge in [0.1, 0.15) is 5.75 Å². The van der Waals surface area contributed by atoms with Crippen LogP contribution in [-0.4, -0.2) is 32.8 Å². The van der Waals surface area contributed by atoms with E-state index < -0.39 is 9.84 Å².